The van der Waals surface area contributed by atoms with Crippen LogP contribution in [-0.2, 0) is 21.4 Å². The smallest absolute Gasteiger partial charge is 0.446 e. The Morgan fingerprint density at radius 2 is 1.77 bits per heavy atom. The molecular formula is C15H14F3NO5S2. The van der Waals surface area contributed by atoms with Crippen molar-refractivity contribution < 1.29 is 35.5 Å². The van der Waals surface area contributed by atoms with Gasteiger partial charge >= 0.3 is 11.5 Å². The second-order valence-electron chi connectivity index (χ2n) is 5.16. The first-order valence-corrected chi connectivity index (χ1v) is 9.29. The summed E-state index contributed by atoms with van der Waals surface area (Å²) in [6, 6.07) is 7.32. The Balaban J connectivity index is 1.98. The molecule has 1 aromatic heterocycles. The number of sulfonamides is 1. The Morgan fingerprint density at radius 3 is 2.31 bits per heavy atom. The highest BCUT2D eigenvalue weighted by Crippen LogP contribution is 2.36. The van der Waals surface area contributed by atoms with Gasteiger partial charge in [0.1, 0.15) is 12.4 Å². The highest BCUT2D eigenvalue weighted by Gasteiger charge is 2.29. The topological polar surface area (TPSA) is 76.8 Å². The third-order valence-corrected chi connectivity index (χ3v) is 5.47. The highest BCUT2D eigenvalue weighted by molar-refractivity contribution is 8.00. The standard InChI is InChI=1S/C15H14F3NO5S2/c1-19(2)26(21,22)13-8-5-11(24-13)9-23-14(20)10-3-6-12(7-4-10)25-15(16,17)18/h3-8H,9H2,1-2H3. The minimum atomic E-state index is -4.41. The number of benzene rings is 1. The number of carbonyl (C=O) groups excluding carboxylic acids is 1. The van der Waals surface area contributed by atoms with Crippen molar-refractivity contribution in [1.82, 2.24) is 4.31 Å². The van der Waals surface area contributed by atoms with Crippen LogP contribution in [-0.4, -0.2) is 38.3 Å². The molecule has 26 heavy (non-hydrogen) atoms. The van der Waals surface area contributed by atoms with Gasteiger partial charge in [-0.15, -0.1) is 0 Å². The van der Waals surface area contributed by atoms with Crippen LogP contribution in [0.1, 0.15) is 16.1 Å². The monoisotopic (exact) mass is 409 g/mol. The summed E-state index contributed by atoms with van der Waals surface area (Å²) in [5.41, 5.74) is -4.35. The molecule has 2 aromatic rings. The lowest BCUT2D eigenvalue weighted by molar-refractivity contribution is -0.0328. The predicted octanol–water partition coefficient (Wildman–Crippen LogP) is 3.50. The van der Waals surface area contributed by atoms with E-state index in [9.17, 15) is 26.4 Å². The van der Waals surface area contributed by atoms with Crippen LogP contribution in [0.3, 0.4) is 0 Å². The second-order valence-corrected chi connectivity index (χ2v) is 8.38. The Bertz CT molecular complexity index is 873. The van der Waals surface area contributed by atoms with Crippen molar-refractivity contribution in [3.8, 4) is 0 Å². The largest absolute Gasteiger partial charge is 0.454 e. The molecule has 0 radical (unpaired) electrons. The number of hydrogen-bond donors (Lipinski definition) is 0. The SMILES string of the molecule is CN(C)S(=O)(=O)c1ccc(COC(=O)c2ccc(SC(F)(F)F)cc2)o1. The maximum absolute atomic E-state index is 12.3. The molecule has 0 unspecified atom stereocenters. The quantitative estimate of drug-likeness (QED) is 0.537. The molecule has 0 atom stereocenters. The lowest BCUT2D eigenvalue weighted by Crippen LogP contribution is -2.21. The summed E-state index contributed by atoms with van der Waals surface area (Å²) in [4.78, 5) is 11.9. The zero-order chi connectivity index (χ0) is 19.5. The Labute approximate surface area is 152 Å². The number of halogens is 3. The number of furan rings is 1. The number of alkyl halides is 3. The van der Waals surface area contributed by atoms with Gasteiger partial charge in [-0.1, -0.05) is 0 Å². The molecule has 1 heterocycles. The van der Waals surface area contributed by atoms with Crippen LogP contribution in [0.5, 0.6) is 0 Å². The van der Waals surface area contributed by atoms with Gasteiger partial charge in [0, 0.05) is 19.0 Å². The van der Waals surface area contributed by atoms with E-state index in [0.717, 1.165) is 16.4 Å². The molecule has 1 aromatic carbocycles. The number of thioether (sulfide) groups is 1. The van der Waals surface area contributed by atoms with Crippen LogP contribution in [0.15, 0.2) is 50.8 Å². The van der Waals surface area contributed by atoms with Crippen LogP contribution in [0.2, 0.25) is 0 Å². The number of nitrogens with zero attached hydrogens (tertiary/aromatic N) is 1. The molecule has 11 heteroatoms. The van der Waals surface area contributed by atoms with Gasteiger partial charge in [0.15, 0.2) is 0 Å². The van der Waals surface area contributed by atoms with Crippen molar-refractivity contribution in [2.24, 2.45) is 0 Å². The molecule has 0 saturated heterocycles. The first-order chi connectivity index (χ1) is 12.0. The van der Waals surface area contributed by atoms with Crippen LogP contribution in [0, 0.1) is 0 Å². The Hall–Kier alpha value is -1.98. The van der Waals surface area contributed by atoms with Crippen LogP contribution in [0.25, 0.3) is 0 Å². The lowest BCUT2D eigenvalue weighted by Gasteiger charge is -2.08. The van der Waals surface area contributed by atoms with Crippen molar-refractivity contribution in [3.63, 3.8) is 0 Å². The van der Waals surface area contributed by atoms with E-state index in [1.807, 2.05) is 0 Å². The van der Waals surface area contributed by atoms with Crippen LogP contribution < -0.4 is 0 Å². The van der Waals surface area contributed by atoms with Crippen molar-refractivity contribution >= 4 is 27.8 Å². The fourth-order valence-electron chi connectivity index (χ4n) is 1.77. The Morgan fingerprint density at radius 1 is 1.15 bits per heavy atom. The third-order valence-electron chi connectivity index (χ3n) is 3.04. The van der Waals surface area contributed by atoms with Crippen molar-refractivity contribution in [2.75, 3.05) is 14.1 Å². The first kappa shape index (κ1) is 20.3. The van der Waals surface area contributed by atoms with E-state index in [1.54, 1.807) is 0 Å². The normalized spacial score (nSPS) is 12.4. The number of rotatable bonds is 6. The van der Waals surface area contributed by atoms with Crippen molar-refractivity contribution in [1.29, 1.82) is 0 Å². The first-order valence-electron chi connectivity index (χ1n) is 7.03. The average Bonchev–Trinajstić information content (AvgIpc) is 3.01. The second kappa shape index (κ2) is 7.72. The molecule has 0 saturated carbocycles. The predicted molar refractivity (Wildman–Crippen MR) is 87.1 cm³/mol. The summed E-state index contributed by atoms with van der Waals surface area (Å²) in [5, 5.41) is -0.290. The molecule has 2 rings (SSSR count). The number of esters is 1. The van der Waals surface area contributed by atoms with Gasteiger partial charge in [-0.2, -0.15) is 13.2 Å². The average molecular weight is 409 g/mol. The highest BCUT2D eigenvalue weighted by atomic mass is 32.2. The molecular weight excluding hydrogens is 395 g/mol. The molecule has 0 spiro atoms. The summed E-state index contributed by atoms with van der Waals surface area (Å²) in [7, 11) is -1.04. The lowest BCUT2D eigenvalue weighted by atomic mass is 10.2. The summed E-state index contributed by atoms with van der Waals surface area (Å²) in [5.74, 6) is -0.662. The van der Waals surface area contributed by atoms with E-state index in [4.69, 9.17) is 9.15 Å². The molecule has 0 aliphatic carbocycles. The number of hydrogen-bond acceptors (Lipinski definition) is 6. The molecule has 0 aliphatic rings. The van der Waals surface area contributed by atoms with Gasteiger partial charge < -0.3 is 9.15 Å². The van der Waals surface area contributed by atoms with Gasteiger partial charge in [-0.05, 0) is 48.2 Å². The summed E-state index contributed by atoms with van der Waals surface area (Å²) >= 11 is -0.289. The third kappa shape index (κ3) is 5.26. The molecule has 0 bridgehead atoms. The van der Waals surface area contributed by atoms with Crippen LogP contribution in [0.4, 0.5) is 13.2 Å². The van der Waals surface area contributed by atoms with E-state index in [0.29, 0.717) is 0 Å². The summed E-state index contributed by atoms with van der Waals surface area (Å²) in [6.45, 7) is -0.319. The fourth-order valence-corrected chi connectivity index (χ4v) is 3.12. The number of carbonyl (C=O) groups is 1. The molecule has 6 nitrogen and oxygen atoms in total. The minimum Gasteiger partial charge on any atom is -0.454 e. The van der Waals surface area contributed by atoms with E-state index >= 15 is 0 Å². The maximum Gasteiger partial charge on any atom is 0.446 e. The van der Waals surface area contributed by atoms with Crippen molar-refractivity contribution in [2.45, 2.75) is 22.1 Å². The minimum absolute atomic E-state index is 0.0568. The molecule has 0 amide bonds. The van der Waals surface area contributed by atoms with E-state index < -0.39 is 21.5 Å². The van der Waals surface area contributed by atoms with Gasteiger partial charge in [-0.3, -0.25) is 0 Å². The molecule has 0 aliphatic heterocycles. The van der Waals surface area contributed by atoms with E-state index in [2.05, 4.69) is 0 Å². The zero-order valence-corrected chi connectivity index (χ0v) is 15.2. The summed E-state index contributed by atoms with van der Waals surface area (Å²) < 4.78 is 71.6. The van der Waals surface area contributed by atoms with Crippen LogP contribution >= 0.6 is 11.8 Å². The van der Waals surface area contributed by atoms with Gasteiger partial charge in [-0.25, -0.2) is 17.5 Å². The fraction of sp³-hybridized carbons (Fsp3) is 0.267. The molecule has 0 fully saturated rings. The maximum atomic E-state index is 12.3. The van der Waals surface area contributed by atoms with Gasteiger partial charge in [0.2, 0.25) is 5.09 Å². The number of ether oxygens (including phenoxy) is 1. The summed E-state index contributed by atoms with van der Waals surface area (Å²) in [6.07, 6.45) is 0. The Kier molecular flexibility index (Phi) is 6.04. The zero-order valence-electron chi connectivity index (χ0n) is 13.6. The molecule has 142 valence electrons. The van der Waals surface area contributed by atoms with E-state index in [-0.39, 0.29) is 39.7 Å². The van der Waals surface area contributed by atoms with E-state index in [1.165, 1.54) is 38.4 Å². The molecule has 0 N–H and O–H groups in total. The van der Waals surface area contributed by atoms with Crippen molar-refractivity contribution in [3.05, 3.63) is 47.7 Å². The van der Waals surface area contributed by atoms with Gasteiger partial charge in [0.25, 0.3) is 10.0 Å². The van der Waals surface area contributed by atoms with Gasteiger partial charge in [0.05, 0.1) is 5.56 Å².